The van der Waals surface area contributed by atoms with Gasteiger partial charge < -0.3 is 15.8 Å². The fourth-order valence-corrected chi connectivity index (χ4v) is 2.01. The number of halogens is 3. The van der Waals surface area contributed by atoms with E-state index in [1.807, 2.05) is 0 Å². The van der Waals surface area contributed by atoms with Gasteiger partial charge in [-0.25, -0.2) is 13.1 Å². The van der Waals surface area contributed by atoms with Gasteiger partial charge in [-0.1, -0.05) is 12.1 Å². The predicted molar refractivity (Wildman–Crippen MR) is 80.7 cm³/mol. The Bertz CT molecular complexity index is 647. The maximum atomic E-state index is 12.3. The number of nitrogens with zero attached hydrogens (tertiary/aromatic N) is 1. The molecule has 4 N–H and O–H groups in total. The SMILES string of the molecule is CS(=O)(=O)NCCCN=C(N)Nc1ccccc1OC(F)(F)F. The van der Waals surface area contributed by atoms with Crippen molar-refractivity contribution >= 4 is 21.7 Å². The van der Waals surface area contributed by atoms with E-state index in [4.69, 9.17) is 5.73 Å². The van der Waals surface area contributed by atoms with Crippen LogP contribution in [0.4, 0.5) is 18.9 Å². The van der Waals surface area contributed by atoms with Crippen LogP contribution in [0.1, 0.15) is 6.42 Å². The van der Waals surface area contributed by atoms with Gasteiger partial charge in [0.2, 0.25) is 10.0 Å². The second-order valence-electron chi connectivity index (χ2n) is 4.46. The van der Waals surface area contributed by atoms with Gasteiger partial charge in [-0.05, 0) is 18.6 Å². The van der Waals surface area contributed by atoms with Crippen molar-refractivity contribution in [3.05, 3.63) is 24.3 Å². The number of anilines is 1. The Labute approximate surface area is 131 Å². The minimum atomic E-state index is -4.82. The highest BCUT2D eigenvalue weighted by Crippen LogP contribution is 2.29. The summed E-state index contributed by atoms with van der Waals surface area (Å²) in [5.41, 5.74) is 5.58. The quantitative estimate of drug-likeness (QED) is 0.388. The second kappa shape index (κ2) is 8.02. The molecule has 0 fully saturated rings. The number of sulfonamides is 1. The average Bonchev–Trinajstić information content (AvgIpc) is 2.37. The Morgan fingerprint density at radius 1 is 1.35 bits per heavy atom. The maximum Gasteiger partial charge on any atom is 0.573 e. The van der Waals surface area contributed by atoms with E-state index in [2.05, 4.69) is 19.8 Å². The topological polar surface area (TPSA) is 106 Å². The molecule has 0 saturated carbocycles. The van der Waals surface area contributed by atoms with Crippen LogP contribution in [0.2, 0.25) is 0 Å². The third kappa shape index (κ3) is 8.88. The average molecular weight is 354 g/mol. The van der Waals surface area contributed by atoms with Crippen molar-refractivity contribution in [2.24, 2.45) is 10.7 Å². The van der Waals surface area contributed by atoms with E-state index < -0.39 is 22.1 Å². The van der Waals surface area contributed by atoms with Crippen molar-refractivity contribution in [3.8, 4) is 5.75 Å². The Balaban J connectivity index is 2.57. The Hall–Kier alpha value is -2.01. The number of aliphatic imine (C=N–C) groups is 1. The maximum absolute atomic E-state index is 12.3. The predicted octanol–water partition coefficient (Wildman–Crippen LogP) is 1.25. The number of para-hydroxylation sites is 2. The van der Waals surface area contributed by atoms with E-state index in [0.717, 1.165) is 12.3 Å². The van der Waals surface area contributed by atoms with Gasteiger partial charge in [0.1, 0.15) is 0 Å². The summed E-state index contributed by atoms with van der Waals surface area (Å²) in [5.74, 6) is -0.542. The number of nitrogens with one attached hydrogen (secondary N) is 2. The lowest BCUT2D eigenvalue weighted by Crippen LogP contribution is -2.26. The van der Waals surface area contributed by atoms with Gasteiger partial charge in [0.25, 0.3) is 0 Å². The van der Waals surface area contributed by atoms with Crippen molar-refractivity contribution in [1.29, 1.82) is 0 Å². The van der Waals surface area contributed by atoms with Gasteiger partial charge in [-0.2, -0.15) is 0 Å². The molecule has 0 atom stereocenters. The number of benzene rings is 1. The molecule has 0 bridgehead atoms. The molecule has 0 aliphatic heterocycles. The molecule has 1 aromatic rings. The first-order chi connectivity index (χ1) is 10.6. The standard InChI is InChI=1S/C12H17F3N4O3S/c1-23(20,21)18-8-4-7-17-11(16)19-9-5-2-3-6-10(9)22-12(13,14)15/h2-3,5-6,18H,4,7-8H2,1H3,(H3,16,17,19). The molecule has 0 aliphatic carbocycles. The minimum Gasteiger partial charge on any atom is -0.404 e. The largest absolute Gasteiger partial charge is 0.573 e. The molecule has 7 nitrogen and oxygen atoms in total. The molecule has 130 valence electrons. The smallest absolute Gasteiger partial charge is 0.404 e. The van der Waals surface area contributed by atoms with Gasteiger partial charge in [-0.15, -0.1) is 13.2 Å². The zero-order chi connectivity index (χ0) is 17.5. The van der Waals surface area contributed by atoms with Crippen molar-refractivity contribution < 1.29 is 26.3 Å². The third-order valence-electron chi connectivity index (χ3n) is 2.36. The van der Waals surface area contributed by atoms with Crippen LogP contribution >= 0.6 is 0 Å². The number of alkyl halides is 3. The van der Waals surface area contributed by atoms with Crippen LogP contribution < -0.4 is 20.5 Å². The van der Waals surface area contributed by atoms with E-state index in [9.17, 15) is 21.6 Å². The van der Waals surface area contributed by atoms with Crippen LogP contribution in [0.25, 0.3) is 0 Å². The summed E-state index contributed by atoms with van der Waals surface area (Å²) in [6.07, 6.45) is -3.40. The van der Waals surface area contributed by atoms with Crippen LogP contribution in [0.15, 0.2) is 29.3 Å². The lowest BCUT2D eigenvalue weighted by Gasteiger charge is -2.14. The third-order valence-corrected chi connectivity index (χ3v) is 3.09. The summed E-state index contributed by atoms with van der Waals surface area (Å²) < 4.78 is 64.6. The van der Waals surface area contributed by atoms with E-state index in [-0.39, 0.29) is 24.7 Å². The molecular weight excluding hydrogens is 337 g/mol. The fraction of sp³-hybridized carbons (Fsp3) is 0.417. The van der Waals surface area contributed by atoms with Crippen LogP contribution in [0.5, 0.6) is 5.75 Å². The highest BCUT2D eigenvalue weighted by atomic mass is 32.2. The molecule has 23 heavy (non-hydrogen) atoms. The summed E-state index contributed by atoms with van der Waals surface area (Å²) in [7, 11) is -3.26. The summed E-state index contributed by atoms with van der Waals surface area (Å²) in [5, 5.41) is 2.50. The molecule has 11 heteroatoms. The summed E-state index contributed by atoms with van der Waals surface area (Å²) >= 11 is 0. The van der Waals surface area contributed by atoms with Gasteiger partial charge >= 0.3 is 6.36 Å². The first kappa shape index (κ1) is 19.0. The summed E-state index contributed by atoms with van der Waals surface area (Å²) in [4.78, 5) is 3.89. The normalized spacial score (nSPS) is 13.0. The van der Waals surface area contributed by atoms with Crippen molar-refractivity contribution in [2.45, 2.75) is 12.8 Å². The Kier molecular flexibility index (Phi) is 6.63. The summed E-state index contributed by atoms with van der Waals surface area (Å²) in [6.45, 7) is 0.382. The first-order valence-electron chi connectivity index (χ1n) is 6.43. The molecule has 1 aromatic carbocycles. The van der Waals surface area contributed by atoms with E-state index >= 15 is 0 Å². The van der Waals surface area contributed by atoms with Crippen molar-refractivity contribution in [2.75, 3.05) is 24.7 Å². The minimum absolute atomic E-state index is 0.0142. The zero-order valence-corrected chi connectivity index (χ0v) is 13.0. The molecule has 0 spiro atoms. The van der Waals surface area contributed by atoms with Crippen molar-refractivity contribution in [3.63, 3.8) is 0 Å². The number of rotatable bonds is 7. The van der Waals surface area contributed by atoms with E-state index in [0.29, 0.717) is 6.42 Å². The highest BCUT2D eigenvalue weighted by molar-refractivity contribution is 7.88. The number of ether oxygens (including phenoxy) is 1. The monoisotopic (exact) mass is 354 g/mol. The van der Waals surface area contributed by atoms with Crippen molar-refractivity contribution in [1.82, 2.24) is 4.72 Å². The first-order valence-corrected chi connectivity index (χ1v) is 8.32. The Morgan fingerprint density at radius 3 is 2.61 bits per heavy atom. The molecule has 0 aliphatic rings. The number of nitrogens with two attached hydrogens (primary N) is 1. The van der Waals surface area contributed by atoms with Gasteiger partial charge in [0.15, 0.2) is 11.7 Å². The van der Waals surface area contributed by atoms with Crippen LogP contribution in [0.3, 0.4) is 0 Å². The van der Waals surface area contributed by atoms with E-state index in [1.54, 1.807) is 0 Å². The molecule has 1 rings (SSSR count). The van der Waals surface area contributed by atoms with Gasteiger partial charge in [-0.3, -0.25) is 4.99 Å². The summed E-state index contributed by atoms with van der Waals surface area (Å²) in [6, 6.07) is 5.39. The number of hydrogen-bond acceptors (Lipinski definition) is 4. The number of hydrogen-bond donors (Lipinski definition) is 3. The van der Waals surface area contributed by atoms with Crippen LogP contribution in [-0.4, -0.2) is 40.1 Å². The fourth-order valence-electron chi connectivity index (χ4n) is 1.50. The molecule has 0 unspecified atom stereocenters. The molecule has 0 heterocycles. The molecule has 0 amide bonds. The Morgan fingerprint density at radius 2 is 2.00 bits per heavy atom. The van der Waals surface area contributed by atoms with Gasteiger partial charge in [0, 0.05) is 13.1 Å². The lowest BCUT2D eigenvalue weighted by atomic mass is 10.3. The van der Waals surface area contributed by atoms with E-state index in [1.165, 1.54) is 18.2 Å². The molecular formula is C12H17F3N4O3S. The molecule has 0 aromatic heterocycles. The second-order valence-corrected chi connectivity index (χ2v) is 6.29. The van der Waals surface area contributed by atoms with Crippen LogP contribution in [0, 0.1) is 0 Å². The molecule has 0 radical (unpaired) electrons. The zero-order valence-electron chi connectivity index (χ0n) is 12.2. The lowest BCUT2D eigenvalue weighted by molar-refractivity contribution is -0.274. The highest BCUT2D eigenvalue weighted by Gasteiger charge is 2.32. The molecule has 0 saturated heterocycles. The van der Waals surface area contributed by atoms with Gasteiger partial charge in [0.05, 0.1) is 11.9 Å². The number of guanidine groups is 1. The van der Waals surface area contributed by atoms with Crippen LogP contribution in [-0.2, 0) is 10.0 Å².